The molecule has 0 atom stereocenters. The summed E-state index contributed by atoms with van der Waals surface area (Å²) in [6, 6.07) is 7.88. The molecule has 148 valence electrons. The minimum atomic E-state index is -1.63. The van der Waals surface area contributed by atoms with Crippen molar-refractivity contribution in [2.45, 2.75) is 13.5 Å². The van der Waals surface area contributed by atoms with E-state index in [2.05, 4.69) is 10.5 Å². The van der Waals surface area contributed by atoms with Crippen LogP contribution in [0.4, 0.5) is 15.8 Å². The van der Waals surface area contributed by atoms with Crippen LogP contribution in [0.25, 0.3) is 10.9 Å². The van der Waals surface area contributed by atoms with Crippen LogP contribution in [0.1, 0.15) is 22.8 Å². The number of hydrazone groups is 1. The van der Waals surface area contributed by atoms with E-state index in [1.807, 2.05) is 0 Å². The minimum Gasteiger partial charge on any atom is -0.545 e. The van der Waals surface area contributed by atoms with Crippen molar-refractivity contribution >= 4 is 34.5 Å². The number of aromatic carboxylic acids is 1. The number of hydrogen-bond acceptors (Lipinski definition) is 7. The molecule has 3 rings (SSSR count). The molecule has 0 bridgehead atoms. The van der Waals surface area contributed by atoms with Gasteiger partial charge in [-0.3, -0.25) is 20.3 Å². The van der Waals surface area contributed by atoms with Gasteiger partial charge in [-0.05, 0) is 36.8 Å². The summed E-state index contributed by atoms with van der Waals surface area (Å²) in [7, 11) is 0. The summed E-state index contributed by atoms with van der Waals surface area (Å²) in [4.78, 5) is 33.5. The molecule has 0 aliphatic rings. The average molecular weight is 397 g/mol. The number of rotatable bonds is 6. The first-order valence-corrected chi connectivity index (χ1v) is 8.43. The number of hydrogen-bond donors (Lipinski definition) is 1. The van der Waals surface area contributed by atoms with Gasteiger partial charge in [-0.2, -0.15) is 5.10 Å². The van der Waals surface area contributed by atoms with Gasteiger partial charge in [0.05, 0.1) is 33.9 Å². The number of pyridine rings is 1. The monoisotopic (exact) mass is 397 g/mol. The summed E-state index contributed by atoms with van der Waals surface area (Å²) in [5.41, 5.74) is 1.93. The fraction of sp³-hybridized carbons (Fsp3) is 0.105. The van der Waals surface area contributed by atoms with Crippen LogP contribution in [0.2, 0.25) is 0 Å². The number of nitro groups is 1. The van der Waals surface area contributed by atoms with Crippen LogP contribution >= 0.6 is 0 Å². The van der Waals surface area contributed by atoms with E-state index in [9.17, 15) is 29.2 Å². The van der Waals surface area contributed by atoms with E-state index >= 15 is 0 Å². The Morgan fingerprint density at radius 3 is 2.59 bits per heavy atom. The van der Waals surface area contributed by atoms with Gasteiger partial charge in [0, 0.05) is 30.3 Å². The predicted octanol–water partition coefficient (Wildman–Crippen LogP) is 1.88. The molecule has 9 nitrogen and oxygen atoms in total. The zero-order valence-corrected chi connectivity index (χ0v) is 15.1. The third kappa shape index (κ3) is 3.95. The lowest BCUT2D eigenvalue weighted by atomic mass is 10.1. The standard InChI is InChI=1S/C19H15FN4O5/c1-2-23-10-14(19(26)27)18(25)13-7-15(20)16(8-17(13)23)22-21-9-11-3-5-12(6-4-11)24(28)29/h3-10,22H,2H2,1H3,(H,26,27)/p-1. The molecule has 10 heteroatoms. The molecule has 1 N–H and O–H groups in total. The smallest absolute Gasteiger partial charge is 0.269 e. The molecule has 0 aliphatic carbocycles. The quantitative estimate of drug-likeness (QED) is 0.384. The molecular formula is C19H14FN4O5-. The van der Waals surface area contributed by atoms with Gasteiger partial charge < -0.3 is 14.5 Å². The molecule has 0 fully saturated rings. The maximum absolute atomic E-state index is 14.4. The largest absolute Gasteiger partial charge is 0.545 e. The molecule has 0 unspecified atom stereocenters. The maximum Gasteiger partial charge on any atom is 0.269 e. The second kappa shape index (κ2) is 7.89. The number of carboxylic acid groups (broad SMARTS) is 1. The van der Waals surface area contributed by atoms with Gasteiger partial charge in [0.2, 0.25) is 0 Å². The van der Waals surface area contributed by atoms with E-state index in [4.69, 9.17) is 0 Å². The Morgan fingerprint density at radius 1 is 1.31 bits per heavy atom. The number of anilines is 1. The van der Waals surface area contributed by atoms with Crippen LogP contribution in [0.5, 0.6) is 0 Å². The number of benzene rings is 2. The van der Waals surface area contributed by atoms with E-state index < -0.39 is 27.7 Å². The molecule has 1 aromatic heterocycles. The number of aromatic nitrogens is 1. The van der Waals surface area contributed by atoms with Crippen molar-refractivity contribution in [3.05, 3.63) is 79.9 Å². The maximum atomic E-state index is 14.4. The third-order valence-electron chi connectivity index (χ3n) is 4.23. The van der Waals surface area contributed by atoms with Crippen LogP contribution in [0.15, 0.2) is 52.5 Å². The number of nitrogens with one attached hydrogen (secondary N) is 1. The SMILES string of the molecule is CCn1cc(C(=O)[O-])c(=O)c2cc(F)c(NN=Cc3ccc([N+](=O)[O-])cc3)cc21. The molecule has 1 heterocycles. The number of carbonyl (C=O) groups excluding carboxylic acids is 1. The lowest BCUT2D eigenvalue weighted by Gasteiger charge is -2.13. The second-order valence-electron chi connectivity index (χ2n) is 6.01. The van der Waals surface area contributed by atoms with Crippen molar-refractivity contribution in [2.75, 3.05) is 5.43 Å². The van der Waals surface area contributed by atoms with Crippen molar-refractivity contribution in [1.82, 2.24) is 4.57 Å². The van der Waals surface area contributed by atoms with E-state index in [0.717, 1.165) is 12.3 Å². The molecule has 0 saturated heterocycles. The van der Waals surface area contributed by atoms with Gasteiger partial charge in [-0.25, -0.2) is 4.39 Å². The van der Waals surface area contributed by atoms with E-state index in [1.165, 1.54) is 41.1 Å². The molecule has 2 aromatic carbocycles. The molecule has 3 aromatic rings. The number of carboxylic acids is 1. The Hall–Kier alpha value is -4.08. The molecule has 29 heavy (non-hydrogen) atoms. The fourth-order valence-electron chi connectivity index (χ4n) is 2.76. The van der Waals surface area contributed by atoms with Crippen LogP contribution < -0.4 is 16.0 Å². The van der Waals surface area contributed by atoms with Crippen molar-refractivity contribution in [1.29, 1.82) is 0 Å². The number of nitro benzene ring substituents is 1. The topological polar surface area (TPSA) is 130 Å². The van der Waals surface area contributed by atoms with Crippen LogP contribution in [-0.2, 0) is 6.54 Å². The lowest BCUT2D eigenvalue weighted by Crippen LogP contribution is -2.30. The summed E-state index contributed by atoms with van der Waals surface area (Å²) in [5.74, 6) is -2.43. The molecule has 0 spiro atoms. The molecule has 0 amide bonds. The second-order valence-corrected chi connectivity index (χ2v) is 6.01. The minimum absolute atomic E-state index is 0.0292. The summed E-state index contributed by atoms with van der Waals surface area (Å²) in [6.07, 6.45) is 2.50. The van der Waals surface area contributed by atoms with Crippen molar-refractivity contribution < 1.29 is 19.2 Å². The fourth-order valence-corrected chi connectivity index (χ4v) is 2.76. The van der Waals surface area contributed by atoms with Crippen molar-refractivity contribution in [2.24, 2.45) is 5.10 Å². The van der Waals surface area contributed by atoms with Gasteiger partial charge >= 0.3 is 0 Å². The summed E-state index contributed by atoms with van der Waals surface area (Å²) >= 11 is 0. The summed E-state index contributed by atoms with van der Waals surface area (Å²) in [6.45, 7) is 2.08. The van der Waals surface area contributed by atoms with Gasteiger partial charge in [0.15, 0.2) is 5.43 Å². The number of nitrogens with zero attached hydrogens (tertiary/aromatic N) is 3. The van der Waals surface area contributed by atoms with Crippen LogP contribution in [0, 0.1) is 15.9 Å². The molecule has 0 aliphatic heterocycles. The van der Waals surface area contributed by atoms with Crippen molar-refractivity contribution in [3.63, 3.8) is 0 Å². The zero-order chi connectivity index (χ0) is 21.1. The first-order valence-electron chi connectivity index (χ1n) is 8.43. The summed E-state index contributed by atoms with van der Waals surface area (Å²) in [5, 5.41) is 25.6. The van der Waals surface area contributed by atoms with Crippen molar-refractivity contribution in [3.8, 4) is 0 Å². The van der Waals surface area contributed by atoms with Crippen LogP contribution in [0.3, 0.4) is 0 Å². The van der Waals surface area contributed by atoms with Gasteiger partial charge in [-0.15, -0.1) is 0 Å². The lowest BCUT2D eigenvalue weighted by molar-refractivity contribution is -0.384. The van der Waals surface area contributed by atoms with E-state index in [-0.39, 0.29) is 16.8 Å². The Bertz CT molecular complexity index is 1200. The highest BCUT2D eigenvalue weighted by Gasteiger charge is 2.13. The first-order chi connectivity index (χ1) is 13.8. The van der Waals surface area contributed by atoms with Gasteiger partial charge in [0.1, 0.15) is 5.82 Å². The normalized spacial score (nSPS) is 11.1. The third-order valence-corrected chi connectivity index (χ3v) is 4.23. The Morgan fingerprint density at radius 2 is 2.00 bits per heavy atom. The Labute approximate surface area is 162 Å². The van der Waals surface area contributed by atoms with E-state index in [1.54, 1.807) is 6.92 Å². The van der Waals surface area contributed by atoms with E-state index in [0.29, 0.717) is 17.6 Å². The first kappa shape index (κ1) is 19.7. The van der Waals surface area contributed by atoms with Crippen LogP contribution in [-0.4, -0.2) is 21.7 Å². The highest BCUT2D eigenvalue weighted by atomic mass is 19.1. The number of aryl methyl sites for hydroxylation is 1. The van der Waals surface area contributed by atoms with Gasteiger partial charge in [0.25, 0.3) is 5.69 Å². The molecular weight excluding hydrogens is 383 g/mol. The highest BCUT2D eigenvalue weighted by molar-refractivity contribution is 5.92. The Balaban J connectivity index is 1.95. The molecule has 0 saturated carbocycles. The number of fused-ring (bicyclic) bond motifs is 1. The number of carbonyl (C=O) groups is 1. The average Bonchev–Trinajstić information content (AvgIpc) is 2.69. The van der Waals surface area contributed by atoms with Gasteiger partial charge in [-0.1, -0.05) is 0 Å². The number of non-ortho nitro benzene ring substituents is 1. The molecule has 0 radical (unpaired) electrons. The summed E-state index contributed by atoms with van der Waals surface area (Å²) < 4.78 is 15.9. The Kier molecular flexibility index (Phi) is 5.35. The highest BCUT2D eigenvalue weighted by Crippen LogP contribution is 2.22. The zero-order valence-electron chi connectivity index (χ0n) is 15.1. The predicted molar refractivity (Wildman–Crippen MR) is 102 cm³/mol. The number of halogens is 1.